The standard InChI is InChI=1S/C18H16ClF2N3O2S/c1-7-6-27-8(2)11(7)13-12(9-4-5-10(25)15(21)14(9)20)17(19)24(3)16(13)18(22)23-26/h4-6,25-26H,1-3H3,(H2,22,23). The van der Waals surface area contributed by atoms with Crippen molar-refractivity contribution >= 4 is 28.8 Å². The molecular weight excluding hydrogens is 396 g/mol. The number of rotatable bonds is 3. The lowest BCUT2D eigenvalue weighted by Gasteiger charge is -2.11. The Kier molecular flexibility index (Phi) is 4.88. The number of aryl methyl sites for hydroxylation is 2. The van der Waals surface area contributed by atoms with Gasteiger partial charge in [0, 0.05) is 34.2 Å². The van der Waals surface area contributed by atoms with E-state index in [9.17, 15) is 19.1 Å². The van der Waals surface area contributed by atoms with Crippen molar-refractivity contribution in [3.63, 3.8) is 0 Å². The number of phenolic OH excluding ortho intramolecular Hbond substituents is 1. The summed E-state index contributed by atoms with van der Waals surface area (Å²) >= 11 is 7.94. The Morgan fingerprint density at radius 1 is 1.19 bits per heavy atom. The van der Waals surface area contributed by atoms with Crippen molar-refractivity contribution in [1.82, 2.24) is 4.57 Å². The van der Waals surface area contributed by atoms with Gasteiger partial charge in [0.15, 0.2) is 17.4 Å². The fourth-order valence-electron chi connectivity index (χ4n) is 3.17. The van der Waals surface area contributed by atoms with Crippen LogP contribution in [0, 0.1) is 25.5 Å². The fourth-order valence-corrected chi connectivity index (χ4v) is 4.30. The molecule has 0 saturated carbocycles. The van der Waals surface area contributed by atoms with Gasteiger partial charge in [0.2, 0.25) is 5.82 Å². The number of amidine groups is 1. The van der Waals surface area contributed by atoms with E-state index in [2.05, 4.69) is 5.16 Å². The van der Waals surface area contributed by atoms with Crippen LogP contribution in [0.5, 0.6) is 5.75 Å². The lowest BCUT2D eigenvalue weighted by Crippen LogP contribution is -2.18. The smallest absolute Gasteiger partial charge is 0.200 e. The maximum absolute atomic E-state index is 14.7. The molecule has 0 bridgehead atoms. The average molecular weight is 412 g/mol. The molecule has 2 aromatic heterocycles. The minimum atomic E-state index is -1.37. The number of hydrogen-bond donors (Lipinski definition) is 3. The van der Waals surface area contributed by atoms with Crippen LogP contribution in [0.15, 0.2) is 22.7 Å². The summed E-state index contributed by atoms with van der Waals surface area (Å²) in [6.45, 7) is 3.74. The molecule has 3 rings (SSSR count). The lowest BCUT2D eigenvalue weighted by atomic mass is 9.94. The van der Waals surface area contributed by atoms with Gasteiger partial charge in [-0.25, -0.2) is 4.39 Å². The summed E-state index contributed by atoms with van der Waals surface area (Å²) in [5.74, 6) is -3.63. The van der Waals surface area contributed by atoms with Crippen molar-refractivity contribution in [1.29, 1.82) is 0 Å². The van der Waals surface area contributed by atoms with E-state index >= 15 is 0 Å². The molecule has 2 heterocycles. The molecule has 27 heavy (non-hydrogen) atoms. The van der Waals surface area contributed by atoms with E-state index < -0.39 is 17.4 Å². The minimum Gasteiger partial charge on any atom is -0.505 e. The van der Waals surface area contributed by atoms with Crippen LogP contribution in [0.2, 0.25) is 5.15 Å². The Bertz CT molecular complexity index is 1070. The van der Waals surface area contributed by atoms with E-state index in [1.807, 2.05) is 19.2 Å². The topological polar surface area (TPSA) is 83.8 Å². The molecule has 5 nitrogen and oxygen atoms in total. The van der Waals surface area contributed by atoms with Gasteiger partial charge in [0.05, 0.1) is 5.69 Å². The molecule has 0 amide bonds. The third-order valence-corrected chi connectivity index (χ3v) is 5.89. The van der Waals surface area contributed by atoms with Crippen molar-refractivity contribution < 1.29 is 19.1 Å². The summed E-state index contributed by atoms with van der Waals surface area (Å²) in [7, 11) is 1.58. The van der Waals surface area contributed by atoms with Gasteiger partial charge in [-0.15, -0.1) is 11.3 Å². The van der Waals surface area contributed by atoms with Crippen molar-refractivity contribution in [3.05, 3.63) is 50.4 Å². The van der Waals surface area contributed by atoms with Gasteiger partial charge in [-0.1, -0.05) is 16.8 Å². The fraction of sp³-hybridized carbons (Fsp3) is 0.167. The van der Waals surface area contributed by atoms with Crippen LogP contribution in [0.1, 0.15) is 16.1 Å². The van der Waals surface area contributed by atoms with Gasteiger partial charge >= 0.3 is 0 Å². The minimum absolute atomic E-state index is 0.0839. The zero-order valence-electron chi connectivity index (χ0n) is 14.6. The molecule has 0 unspecified atom stereocenters. The SMILES string of the molecule is Cc1csc(C)c1-c1c(-c2ccc(O)c(F)c2F)c(Cl)n(C)c1C(N)=NO. The van der Waals surface area contributed by atoms with Crippen molar-refractivity contribution in [2.45, 2.75) is 13.8 Å². The van der Waals surface area contributed by atoms with E-state index in [0.29, 0.717) is 5.56 Å². The summed E-state index contributed by atoms with van der Waals surface area (Å²) < 4.78 is 30.1. The summed E-state index contributed by atoms with van der Waals surface area (Å²) in [6.07, 6.45) is 0. The molecule has 0 aliphatic heterocycles. The molecular formula is C18H16ClF2N3O2S. The number of aromatic hydroxyl groups is 1. The highest BCUT2D eigenvalue weighted by molar-refractivity contribution is 7.10. The molecule has 3 aromatic rings. The Morgan fingerprint density at radius 2 is 1.85 bits per heavy atom. The van der Waals surface area contributed by atoms with E-state index in [1.54, 1.807) is 7.05 Å². The molecule has 4 N–H and O–H groups in total. The van der Waals surface area contributed by atoms with E-state index in [4.69, 9.17) is 17.3 Å². The van der Waals surface area contributed by atoms with Crippen LogP contribution < -0.4 is 5.73 Å². The Labute approximate surface area is 162 Å². The van der Waals surface area contributed by atoms with Crippen LogP contribution in [-0.2, 0) is 7.05 Å². The Hall–Kier alpha value is -2.58. The second-order valence-corrected chi connectivity index (χ2v) is 7.49. The number of nitrogens with zero attached hydrogens (tertiary/aromatic N) is 2. The predicted molar refractivity (Wildman–Crippen MR) is 103 cm³/mol. The van der Waals surface area contributed by atoms with Gasteiger partial charge < -0.3 is 20.6 Å². The van der Waals surface area contributed by atoms with Gasteiger partial charge in [-0.2, -0.15) is 4.39 Å². The number of aromatic nitrogens is 1. The molecule has 0 spiro atoms. The number of oxime groups is 1. The molecule has 0 aliphatic rings. The maximum atomic E-state index is 14.7. The van der Waals surface area contributed by atoms with Crippen molar-refractivity contribution in [2.75, 3.05) is 0 Å². The van der Waals surface area contributed by atoms with E-state index in [0.717, 1.165) is 22.1 Å². The molecule has 0 fully saturated rings. The number of halogens is 3. The molecule has 0 radical (unpaired) electrons. The third-order valence-electron chi connectivity index (χ3n) is 4.41. The molecule has 0 atom stereocenters. The summed E-state index contributed by atoms with van der Waals surface area (Å²) in [4.78, 5) is 0.905. The second-order valence-electron chi connectivity index (χ2n) is 6.04. The number of hydrogen-bond acceptors (Lipinski definition) is 4. The highest BCUT2D eigenvalue weighted by Crippen LogP contribution is 2.47. The summed E-state index contributed by atoms with van der Waals surface area (Å²) in [6, 6.07) is 2.29. The zero-order valence-corrected chi connectivity index (χ0v) is 16.2. The van der Waals surface area contributed by atoms with Crippen LogP contribution >= 0.6 is 22.9 Å². The lowest BCUT2D eigenvalue weighted by molar-refractivity contribution is 0.318. The van der Waals surface area contributed by atoms with Crippen LogP contribution in [0.3, 0.4) is 0 Å². The van der Waals surface area contributed by atoms with Crippen molar-refractivity contribution in [2.24, 2.45) is 17.9 Å². The molecule has 0 aliphatic carbocycles. The third kappa shape index (κ3) is 2.85. The number of phenols is 1. The predicted octanol–water partition coefficient (Wildman–Crippen LogP) is 4.77. The molecule has 9 heteroatoms. The van der Waals surface area contributed by atoms with Gasteiger partial charge in [0.1, 0.15) is 5.15 Å². The molecule has 1 aromatic carbocycles. The summed E-state index contributed by atoms with van der Waals surface area (Å²) in [5.41, 5.74) is 8.26. The number of benzene rings is 1. The number of nitrogens with two attached hydrogens (primary N) is 1. The highest BCUT2D eigenvalue weighted by atomic mass is 35.5. The van der Waals surface area contributed by atoms with E-state index in [-0.39, 0.29) is 27.8 Å². The van der Waals surface area contributed by atoms with Crippen LogP contribution in [0.4, 0.5) is 8.78 Å². The first-order valence-corrected chi connectivity index (χ1v) is 9.04. The van der Waals surface area contributed by atoms with Gasteiger partial charge in [0.25, 0.3) is 0 Å². The second kappa shape index (κ2) is 6.86. The molecule has 142 valence electrons. The van der Waals surface area contributed by atoms with Gasteiger partial charge in [-0.3, -0.25) is 0 Å². The first-order valence-electron chi connectivity index (χ1n) is 7.79. The highest BCUT2D eigenvalue weighted by Gasteiger charge is 2.30. The van der Waals surface area contributed by atoms with Gasteiger partial charge in [-0.05, 0) is 36.9 Å². The maximum Gasteiger partial charge on any atom is 0.200 e. The monoisotopic (exact) mass is 411 g/mol. The Morgan fingerprint density at radius 3 is 2.41 bits per heavy atom. The zero-order chi connectivity index (χ0) is 20.0. The van der Waals surface area contributed by atoms with Crippen LogP contribution in [0.25, 0.3) is 22.3 Å². The largest absolute Gasteiger partial charge is 0.505 e. The quantitative estimate of drug-likeness (QED) is 0.251. The average Bonchev–Trinajstić information content (AvgIpc) is 3.09. The normalized spacial score (nSPS) is 12.0. The van der Waals surface area contributed by atoms with Crippen LogP contribution in [-0.4, -0.2) is 20.7 Å². The number of thiophene rings is 1. The first-order chi connectivity index (χ1) is 12.7. The Balaban J connectivity index is 2.52. The van der Waals surface area contributed by atoms with Crippen molar-refractivity contribution in [3.8, 4) is 28.0 Å². The summed E-state index contributed by atoms with van der Waals surface area (Å²) in [5, 5.41) is 23.7. The molecule has 0 saturated heterocycles. The first kappa shape index (κ1) is 19.2. The van der Waals surface area contributed by atoms with E-state index in [1.165, 1.54) is 22.0 Å².